The summed E-state index contributed by atoms with van der Waals surface area (Å²) in [5.41, 5.74) is 8.44. The minimum absolute atomic E-state index is 0.0135. The van der Waals surface area contributed by atoms with Gasteiger partial charge in [-0.15, -0.1) is 0 Å². The van der Waals surface area contributed by atoms with E-state index in [-0.39, 0.29) is 17.4 Å². The highest BCUT2D eigenvalue weighted by molar-refractivity contribution is 5.79. The molecular weight excluding hydrogens is 236 g/mol. The maximum Gasteiger partial charge on any atom is 0.227 e. The fourth-order valence-corrected chi connectivity index (χ4v) is 2.67. The molecule has 0 aromatic heterocycles. The molecule has 0 radical (unpaired) electrons. The van der Waals surface area contributed by atoms with Crippen molar-refractivity contribution in [2.75, 3.05) is 13.1 Å². The van der Waals surface area contributed by atoms with E-state index in [4.69, 9.17) is 5.73 Å². The molecule has 0 bridgehead atoms. The first-order valence-electron chi connectivity index (χ1n) is 6.98. The molecule has 1 heterocycles. The lowest BCUT2D eigenvalue weighted by Crippen LogP contribution is -2.54. The zero-order valence-corrected chi connectivity index (χ0v) is 12.1. The number of benzene rings is 1. The van der Waals surface area contributed by atoms with Crippen molar-refractivity contribution in [2.45, 2.75) is 39.7 Å². The number of carbonyl (C=O) groups is 1. The highest BCUT2D eigenvalue weighted by Crippen LogP contribution is 2.28. The number of carbonyl (C=O) groups excluding carboxylic acids is 1. The van der Waals surface area contributed by atoms with Crippen LogP contribution in [0.25, 0.3) is 0 Å². The van der Waals surface area contributed by atoms with E-state index in [0.29, 0.717) is 6.42 Å². The van der Waals surface area contributed by atoms with Crippen LogP contribution in [0.3, 0.4) is 0 Å². The van der Waals surface area contributed by atoms with Crippen molar-refractivity contribution in [3.8, 4) is 0 Å². The molecule has 3 nitrogen and oxygen atoms in total. The smallest absolute Gasteiger partial charge is 0.227 e. The van der Waals surface area contributed by atoms with E-state index < -0.39 is 0 Å². The van der Waals surface area contributed by atoms with E-state index in [1.165, 1.54) is 5.56 Å². The van der Waals surface area contributed by atoms with Crippen LogP contribution >= 0.6 is 0 Å². The minimum Gasteiger partial charge on any atom is -0.342 e. The van der Waals surface area contributed by atoms with E-state index >= 15 is 0 Å². The molecular formula is C16H24N2O. The summed E-state index contributed by atoms with van der Waals surface area (Å²) in [7, 11) is 0. The molecule has 1 unspecified atom stereocenters. The monoisotopic (exact) mass is 260 g/mol. The van der Waals surface area contributed by atoms with Crippen molar-refractivity contribution in [1.82, 2.24) is 4.90 Å². The number of hydrogen-bond donors (Lipinski definition) is 1. The van der Waals surface area contributed by atoms with Crippen LogP contribution in [0.1, 0.15) is 31.4 Å². The van der Waals surface area contributed by atoms with Gasteiger partial charge in [-0.25, -0.2) is 0 Å². The van der Waals surface area contributed by atoms with Gasteiger partial charge in [0.2, 0.25) is 5.91 Å². The molecule has 1 aliphatic heterocycles. The van der Waals surface area contributed by atoms with Gasteiger partial charge in [0, 0.05) is 19.1 Å². The van der Waals surface area contributed by atoms with Gasteiger partial charge in [-0.1, -0.05) is 38.1 Å². The van der Waals surface area contributed by atoms with Crippen LogP contribution in [0.4, 0.5) is 0 Å². The molecule has 1 fully saturated rings. The van der Waals surface area contributed by atoms with E-state index in [1.807, 2.05) is 23.1 Å². The lowest BCUT2D eigenvalue weighted by atomic mass is 9.79. The van der Waals surface area contributed by atoms with Crippen LogP contribution in [0, 0.1) is 12.3 Å². The molecule has 1 amide bonds. The Morgan fingerprint density at radius 2 is 2.11 bits per heavy atom. The Labute approximate surface area is 115 Å². The quantitative estimate of drug-likeness (QED) is 0.885. The second kappa shape index (κ2) is 5.33. The summed E-state index contributed by atoms with van der Waals surface area (Å²) < 4.78 is 0. The van der Waals surface area contributed by atoms with Gasteiger partial charge in [-0.05, 0) is 29.9 Å². The molecule has 0 spiro atoms. The second-order valence-electron chi connectivity index (χ2n) is 6.30. The largest absolute Gasteiger partial charge is 0.342 e. The molecule has 1 atom stereocenters. The third kappa shape index (κ3) is 3.16. The molecule has 0 saturated carbocycles. The van der Waals surface area contributed by atoms with Gasteiger partial charge in [0.05, 0.1) is 6.42 Å². The summed E-state index contributed by atoms with van der Waals surface area (Å²) in [6.45, 7) is 7.89. The Hall–Kier alpha value is -1.35. The molecule has 104 valence electrons. The average Bonchev–Trinajstić information content (AvgIpc) is 2.35. The fourth-order valence-electron chi connectivity index (χ4n) is 2.67. The summed E-state index contributed by atoms with van der Waals surface area (Å²) in [6, 6.07) is 8.28. The molecule has 2 rings (SSSR count). The van der Waals surface area contributed by atoms with Crippen LogP contribution in [0.15, 0.2) is 24.3 Å². The Bertz CT molecular complexity index is 468. The van der Waals surface area contributed by atoms with E-state index in [0.717, 1.165) is 25.1 Å². The van der Waals surface area contributed by atoms with Crippen LogP contribution in [0.5, 0.6) is 0 Å². The fraction of sp³-hybridized carbons (Fsp3) is 0.562. The highest BCUT2D eigenvalue weighted by Gasteiger charge is 2.35. The van der Waals surface area contributed by atoms with Crippen molar-refractivity contribution in [2.24, 2.45) is 11.1 Å². The van der Waals surface area contributed by atoms with E-state index in [9.17, 15) is 4.79 Å². The van der Waals surface area contributed by atoms with Crippen LogP contribution in [-0.2, 0) is 11.2 Å². The van der Waals surface area contributed by atoms with Gasteiger partial charge >= 0.3 is 0 Å². The van der Waals surface area contributed by atoms with Gasteiger partial charge in [-0.2, -0.15) is 0 Å². The predicted molar refractivity (Wildman–Crippen MR) is 77.8 cm³/mol. The molecule has 19 heavy (non-hydrogen) atoms. The molecule has 3 heteroatoms. The zero-order valence-electron chi connectivity index (χ0n) is 12.1. The van der Waals surface area contributed by atoms with Crippen LogP contribution in [-0.4, -0.2) is 29.9 Å². The second-order valence-corrected chi connectivity index (χ2v) is 6.30. The summed E-state index contributed by atoms with van der Waals surface area (Å²) in [5.74, 6) is 0.217. The van der Waals surface area contributed by atoms with Gasteiger partial charge in [0.1, 0.15) is 0 Å². The Morgan fingerprint density at radius 3 is 2.74 bits per heavy atom. The van der Waals surface area contributed by atoms with Crippen molar-refractivity contribution in [3.63, 3.8) is 0 Å². The first-order valence-corrected chi connectivity index (χ1v) is 6.98. The summed E-state index contributed by atoms with van der Waals surface area (Å²) in [6.07, 6.45) is 1.39. The lowest BCUT2D eigenvalue weighted by Gasteiger charge is -2.42. The average molecular weight is 260 g/mol. The number of hydrogen-bond acceptors (Lipinski definition) is 2. The van der Waals surface area contributed by atoms with E-state index in [2.05, 4.69) is 26.8 Å². The number of amides is 1. The SMILES string of the molecule is Cc1ccccc1CC(=O)N1CCC(N)C(C)(C)C1. The molecule has 1 aromatic rings. The number of piperidine rings is 1. The Balaban J connectivity index is 2.03. The molecule has 0 aliphatic carbocycles. The minimum atomic E-state index is 0.0135. The maximum absolute atomic E-state index is 12.4. The maximum atomic E-state index is 12.4. The first kappa shape index (κ1) is 14.1. The van der Waals surface area contributed by atoms with Crippen molar-refractivity contribution in [1.29, 1.82) is 0 Å². The van der Waals surface area contributed by atoms with Gasteiger partial charge < -0.3 is 10.6 Å². The molecule has 2 N–H and O–H groups in total. The normalized spacial score (nSPS) is 22.3. The molecule has 1 aliphatic rings. The van der Waals surface area contributed by atoms with Gasteiger partial charge in [0.25, 0.3) is 0 Å². The van der Waals surface area contributed by atoms with Crippen LogP contribution in [0.2, 0.25) is 0 Å². The van der Waals surface area contributed by atoms with Crippen molar-refractivity contribution in [3.05, 3.63) is 35.4 Å². The first-order chi connectivity index (χ1) is 8.90. The van der Waals surface area contributed by atoms with Gasteiger partial charge in [0.15, 0.2) is 0 Å². The predicted octanol–water partition coefficient (Wildman–Crippen LogP) is 2.12. The number of nitrogens with zero attached hydrogens (tertiary/aromatic N) is 1. The third-order valence-electron chi connectivity index (χ3n) is 4.27. The van der Waals surface area contributed by atoms with E-state index in [1.54, 1.807) is 0 Å². The standard InChI is InChI=1S/C16H24N2O/c1-12-6-4-5-7-13(12)10-15(19)18-9-8-14(17)16(2,3)11-18/h4-7,14H,8-11,17H2,1-3H3. The van der Waals surface area contributed by atoms with Crippen molar-refractivity contribution >= 4 is 5.91 Å². The van der Waals surface area contributed by atoms with Gasteiger partial charge in [-0.3, -0.25) is 4.79 Å². The molecule has 1 saturated heterocycles. The topological polar surface area (TPSA) is 46.3 Å². The zero-order chi connectivity index (χ0) is 14.0. The number of rotatable bonds is 2. The Morgan fingerprint density at radius 1 is 1.42 bits per heavy atom. The summed E-state index contributed by atoms with van der Waals surface area (Å²) in [5, 5.41) is 0. The Kier molecular flexibility index (Phi) is 3.95. The highest BCUT2D eigenvalue weighted by atomic mass is 16.2. The lowest BCUT2D eigenvalue weighted by molar-refractivity contribution is -0.133. The summed E-state index contributed by atoms with van der Waals surface area (Å²) in [4.78, 5) is 14.4. The summed E-state index contributed by atoms with van der Waals surface area (Å²) >= 11 is 0. The third-order valence-corrected chi connectivity index (χ3v) is 4.27. The van der Waals surface area contributed by atoms with Crippen molar-refractivity contribution < 1.29 is 4.79 Å². The number of nitrogens with two attached hydrogens (primary N) is 1. The molecule has 1 aromatic carbocycles. The number of aryl methyl sites for hydroxylation is 1. The van der Waals surface area contributed by atoms with Crippen LogP contribution < -0.4 is 5.73 Å². The number of likely N-dealkylation sites (tertiary alicyclic amines) is 1.